The van der Waals surface area contributed by atoms with Crippen LogP contribution in [0.1, 0.15) is 44.7 Å². The number of aliphatic hydroxyl groups excluding tert-OH is 1. The van der Waals surface area contributed by atoms with Crippen LogP contribution in [0.3, 0.4) is 0 Å². The molecule has 21 heavy (non-hydrogen) atoms. The van der Waals surface area contributed by atoms with E-state index >= 15 is 0 Å². The van der Waals surface area contributed by atoms with Crippen molar-refractivity contribution in [3.63, 3.8) is 0 Å². The standard InChI is InChI=1S/C13H19N5O2S/c1-4-12(20)11-7-17(16-15-11)6-10-8-21-13(14-10)18(5-2)9(3)19/h7-8,12,20H,4-6H2,1-3H3. The maximum Gasteiger partial charge on any atom is 0.225 e. The Labute approximate surface area is 127 Å². The van der Waals surface area contributed by atoms with E-state index in [1.54, 1.807) is 15.8 Å². The van der Waals surface area contributed by atoms with Crippen molar-refractivity contribution in [2.45, 2.75) is 39.8 Å². The summed E-state index contributed by atoms with van der Waals surface area (Å²) in [5.74, 6) is -0.0208. The molecule has 2 rings (SSSR count). The van der Waals surface area contributed by atoms with Gasteiger partial charge in [0, 0.05) is 18.8 Å². The highest BCUT2D eigenvalue weighted by Crippen LogP contribution is 2.21. The van der Waals surface area contributed by atoms with Crippen LogP contribution in [0.4, 0.5) is 5.13 Å². The lowest BCUT2D eigenvalue weighted by Crippen LogP contribution is -2.27. The first-order chi connectivity index (χ1) is 10.0. The summed E-state index contributed by atoms with van der Waals surface area (Å²) in [6.07, 6.45) is 1.73. The van der Waals surface area contributed by atoms with Crippen molar-refractivity contribution >= 4 is 22.4 Å². The monoisotopic (exact) mass is 309 g/mol. The van der Waals surface area contributed by atoms with E-state index in [0.717, 1.165) is 5.69 Å². The number of thiazole rings is 1. The molecule has 0 radical (unpaired) electrons. The second-order valence-electron chi connectivity index (χ2n) is 4.65. The van der Waals surface area contributed by atoms with Gasteiger partial charge in [0.15, 0.2) is 5.13 Å². The van der Waals surface area contributed by atoms with Crippen molar-refractivity contribution in [1.82, 2.24) is 20.0 Å². The Balaban J connectivity index is 2.09. The molecule has 0 aliphatic heterocycles. The maximum absolute atomic E-state index is 11.5. The van der Waals surface area contributed by atoms with E-state index in [1.807, 2.05) is 19.2 Å². The first-order valence-electron chi connectivity index (χ1n) is 6.85. The smallest absolute Gasteiger partial charge is 0.225 e. The van der Waals surface area contributed by atoms with E-state index < -0.39 is 6.10 Å². The summed E-state index contributed by atoms with van der Waals surface area (Å²) in [7, 11) is 0. The third-order valence-electron chi connectivity index (χ3n) is 3.08. The van der Waals surface area contributed by atoms with E-state index in [-0.39, 0.29) is 5.91 Å². The Morgan fingerprint density at radius 3 is 2.90 bits per heavy atom. The predicted octanol–water partition coefficient (Wildman–Crippen LogP) is 1.60. The number of hydrogen-bond donors (Lipinski definition) is 1. The van der Waals surface area contributed by atoms with Gasteiger partial charge in [-0.15, -0.1) is 16.4 Å². The lowest BCUT2D eigenvalue weighted by molar-refractivity contribution is -0.116. The minimum absolute atomic E-state index is 0.0208. The van der Waals surface area contributed by atoms with Gasteiger partial charge >= 0.3 is 0 Å². The molecule has 2 heterocycles. The van der Waals surface area contributed by atoms with E-state index in [9.17, 15) is 9.90 Å². The molecule has 114 valence electrons. The Kier molecular flexibility index (Phi) is 5.03. The highest BCUT2D eigenvalue weighted by molar-refractivity contribution is 7.14. The van der Waals surface area contributed by atoms with Crippen LogP contribution in [0, 0.1) is 0 Å². The topological polar surface area (TPSA) is 84.1 Å². The quantitative estimate of drug-likeness (QED) is 0.876. The largest absolute Gasteiger partial charge is 0.387 e. The van der Waals surface area contributed by atoms with Gasteiger partial charge in [-0.25, -0.2) is 9.67 Å². The van der Waals surface area contributed by atoms with Gasteiger partial charge in [-0.05, 0) is 13.3 Å². The second-order valence-corrected chi connectivity index (χ2v) is 5.49. The zero-order valence-electron chi connectivity index (χ0n) is 12.4. The second kappa shape index (κ2) is 6.77. The maximum atomic E-state index is 11.5. The van der Waals surface area contributed by atoms with Gasteiger partial charge in [-0.3, -0.25) is 9.69 Å². The van der Waals surface area contributed by atoms with Crippen LogP contribution >= 0.6 is 11.3 Å². The predicted molar refractivity (Wildman–Crippen MR) is 80.2 cm³/mol. The fourth-order valence-corrected chi connectivity index (χ4v) is 2.83. The van der Waals surface area contributed by atoms with Crippen molar-refractivity contribution < 1.29 is 9.90 Å². The van der Waals surface area contributed by atoms with E-state index in [4.69, 9.17) is 0 Å². The SMILES string of the molecule is CCC(O)c1cn(Cc2csc(N(CC)C(C)=O)n2)nn1. The van der Waals surface area contributed by atoms with Gasteiger partial charge in [0.1, 0.15) is 5.69 Å². The van der Waals surface area contributed by atoms with Gasteiger partial charge < -0.3 is 5.11 Å². The molecule has 0 aliphatic rings. The first kappa shape index (κ1) is 15.6. The number of aliphatic hydroxyl groups is 1. The summed E-state index contributed by atoms with van der Waals surface area (Å²) in [6.45, 7) is 6.39. The van der Waals surface area contributed by atoms with Gasteiger partial charge in [-0.2, -0.15) is 0 Å². The normalized spacial score (nSPS) is 12.4. The molecule has 0 fully saturated rings. The zero-order valence-corrected chi connectivity index (χ0v) is 13.2. The molecular formula is C13H19N5O2S. The first-order valence-corrected chi connectivity index (χ1v) is 7.73. The highest BCUT2D eigenvalue weighted by Gasteiger charge is 2.14. The van der Waals surface area contributed by atoms with Crippen molar-refractivity contribution in [1.29, 1.82) is 0 Å². The molecule has 0 saturated heterocycles. The number of aromatic nitrogens is 4. The summed E-state index contributed by atoms with van der Waals surface area (Å²) in [5, 5.41) is 20.2. The Bertz CT molecular complexity index is 609. The summed E-state index contributed by atoms with van der Waals surface area (Å²) in [4.78, 5) is 17.6. The molecular weight excluding hydrogens is 290 g/mol. The average molecular weight is 309 g/mol. The van der Waals surface area contributed by atoms with E-state index in [2.05, 4.69) is 15.3 Å². The lowest BCUT2D eigenvalue weighted by atomic mass is 10.2. The van der Waals surface area contributed by atoms with Crippen LogP contribution < -0.4 is 4.90 Å². The number of amides is 1. The summed E-state index contributed by atoms with van der Waals surface area (Å²) in [6, 6.07) is 0. The number of carbonyl (C=O) groups excluding carboxylic acids is 1. The Morgan fingerprint density at radius 1 is 1.52 bits per heavy atom. The van der Waals surface area contributed by atoms with Crippen LogP contribution in [0.25, 0.3) is 0 Å². The van der Waals surface area contributed by atoms with Gasteiger partial charge in [0.25, 0.3) is 0 Å². The van der Waals surface area contributed by atoms with Crippen molar-refractivity contribution in [2.75, 3.05) is 11.4 Å². The van der Waals surface area contributed by atoms with Crippen LogP contribution in [0.5, 0.6) is 0 Å². The number of nitrogens with zero attached hydrogens (tertiary/aromatic N) is 5. The highest BCUT2D eigenvalue weighted by atomic mass is 32.1. The van der Waals surface area contributed by atoms with E-state index in [0.29, 0.717) is 30.3 Å². The van der Waals surface area contributed by atoms with Gasteiger partial charge in [0.2, 0.25) is 5.91 Å². The molecule has 0 spiro atoms. The molecule has 0 aromatic carbocycles. The minimum atomic E-state index is -0.585. The number of rotatable bonds is 6. The minimum Gasteiger partial charge on any atom is -0.387 e. The number of carbonyl (C=O) groups is 1. The van der Waals surface area contributed by atoms with Crippen LogP contribution in [-0.4, -0.2) is 37.5 Å². The Morgan fingerprint density at radius 2 is 2.29 bits per heavy atom. The van der Waals surface area contributed by atoms with Crippen molar-refractivity contribution in [3.8, 4) is 0 Å². The molecule has 8 heteroatoms. The number of anilines is 1. The fourth-order valence-electron chi connectivity index (χ4n) is 1.90. The van der Waals surface area contributed by atoms with E-state index in [1.165, 1.54) is 18.3 Å². The average Bonchev–Trinajstić information content (AvgIpc) is 3.09. The molecule has 0 saturated carbocycles. The number of hydrogen-bond acceptors (Lipinski definition) is 6. The molecule has 1 N–H and O–H groups in total. The summed E-state index contributed by atoms with van der Waals surface area (Å²) >= 11 is 1.43. The zero-order chi connectivity index (χ0) is 15.4. The molecule has 0 aliphatic carbocycles. The van der Waals surface area contributed by atoms with Gasteiger partial charge in [0.05, 0.1) is 24.5 Å². The molecule has 1 atom stereocenters. The molecule has 7 nitrogen and oxygen atoms in total. The van der Waals surface area contributed by atoms with Crippen molar-refractivity contribution in [2.24, 2.45) is 0 Å². The molecule has 0 bridgehead atoms. The summed E-state index contributed by atoms with van der Waals surface area (Å²) in [5.41, 5.74) is 1.38. The van der Waals surface area contributed by atoms with Crippen LogP contribution in [0.15, 0.2) is 11.6 Å². The van der Waals surface area contributed by atoms with Gasteiger partial charge in [-0.1, -0.05) is 12.1 Å². The lowest BCUT2D eigenvalue weighted by Gasteiger charge is -2.14. The third-order valence-corrected chi connectivity index (χ3v) is 3.99. The third kappa shape index (κ3) is 3.64. The molecule has 2 aromatic rings. The fraction of sp³-hybridized carbons (Fsp3) is 0.538. The Hall–Kier alpha value is -1.80. The molecule has 1 amide bonds. The van der Waals surface area contributed by atoms with Crippen molar-refractivity contribution in [3.05, 3.63) is 23.0 Å². The molecule has 1 unspecified atom stereocenters. The van der Waals surface area contributed by atoms with Crippen LogP contribution in [0.2, 0.25) is 0 Å². The summed E-state index contributed by atoms with van der Waals surface area (Å²) < 4.78 is 1.64. The van der Waals surface area contributed by atoms with Crippen LogP contribution in [-0.2, 0) is 11.3 Å². The molecule has 2 aromatic heterocycles.